The summed E-state index contributed by atoms with van der Waals surface area (Å²) in [7, 11) is 0. The maximum Gasteiger partial charge on any atom is 0.303 e. The summed E-state index contributed by atoms with van der Waals surface area (Å²) >= 11 is 0. The van der Waals surface area contributed by atoms with Crippen LogP contribution >= 0.6 is 0 Å². The third-order valence-electron chi connectivity index (χ3n) is 1.69. The molecule has 0 rings (SSSR count). The third kappa shape index (κ3) is 8.81. The zero-order valence-corrected chi connectivity index (χ0v) is 7.40. The van der Waals surface area contributed by atoms with Crippen molar-refractivity contribution in [2.45, 2.75) is 38.1 Å². The Labute approximate surface area is 76.5 Å². The van der Waals surface area contributed by atoms with Gasteiger partial charge in [0.15, 0.2) is 0 Å². The van der Waals surface area contributed by atoms with Gasteiger partial charge in [0, 0.05) is 18.9 Å². The smallest absolute Gasteiger partial charge is 0.303 e. The lowest BCUT2D eigenvalue weighted by Crippen LogP contribution is -2.21. The molecular weight excluding hydrogens is 174 g/mol. The molecule has 0 aliphatic rings. The van der Waals surface area contributed by atoms with E-state index in [-0.39, 0.29) is 18.9 Å². The Morgan fingerprint density at radius 2 is 1.62 bits per heavy atom. The molecule has 1 atom stereocenters. The Kier molecular flexibility index (Phi) is 5.88. The second kappa shape index (κ2) is 6.42. The van der Waals surface area contributed by atoms with Gasteiger partial charge in [0.05, 0.1) is 0 Å². The lowest BCUT2D eigenvalue weighted by molar-refractivity contribution is -0.138. The Balaban J connectivity index is 3.35. The second-order valence-electron chi connectivity index (χ2n) is 2.98. The monoisotopic (exact) mass is 189 g/mol. The SMILES string of the molecule is NC(CCCC(=O)O)CCC(=O)O. The normalized spacial score (nSPS) is 12.4. The number of aliphatic carboxylic acids is 2. The van der Waals surface area contributed by atoms with Gasteiger partial charge in [0.25, 0.3) is 0 Å². The third-order valence-corrected chi connectivity index (χ3v) is 1.69. The molecule has 5 heteroatoms. The van der Waals surface area contributed by atoms with E-state index < -0.39 is 11.9 Å². The van der Waals surface area contributed by atoms with Crippen LogP contribution in [0.25, 0.3) is 0 Å². The Morgan fingerprint density at radius 3 is 2.08 bits per heavy atom. The van der Waals surface area contributed by atoms with Gasteiger partial charge in [-0.25, -0.2) is 0 Å². The van der Waals surface area contributed by atoms with Crippen LogP contribution < -0.4 is 5.73 Å². The van der Waals surface area contributed by atoms with E-state index in [4.69, 9.17) is 15.9 Å². The number of carboxylic acids is 2. The summed E-state index contributed by atoms with van der Waals surface area (Å²) < 4.78 is 0. The molecule has 0 aromatic carbocycles. The van der Waals surface area contributed by atoms with E-state index in [1.54, 1.807) is 0 Å². The minimum absolute atomic E-state index is 0.0498. The van der Waals surface area contributed by atoms with Gasteiger partial charge in [-0.15, -0.1) is 0 Å². The van der Waals surface area contributed by atoms with Crippen LogP contribution in [0.3, 0.4) is 0 Å². The molecule has 0 heterocycles. The van der Waals surface area contributed by atoms with Gasteiger partial charge in [0.1, 0.15) is 0 Å². The van der Waals surface area contributed by atoms with Gasteiger partial charge in [-0.3, -0.25) is 9.59 Å². The van der Waals surface area contributed by atoms with Gasteiger partial charge >= 0.3 is 11.9 Å². The molecule has 0 aromatic rings. The van der Waals surface area contributed by atoms with E-state index in [9.17, 15) is 9.59 Å². The molecule has 0 fully saturated rings. The predicted molar refractivity (Wildman–Crippen MR) is 46.3 cm³/mol. The van der Waals surface area contributed by atoms with Crippen molar-refractivity contribution < 1.29 is 19.8 Å². The van der Waals surface area contributed by atoms with E-state index in [0.29, 0.717) is 19.3 Å². The number of rotatable bonds is 7. The Bertz CT molecular complexity index is 181. The Morgan fingerprint density at radius 1 is 1.08 bits per heavy atom. The summed E-state index contributed by atoms with van der Waals surface area (Å²) in [6.45, 7) is 0. The summed E-state index contributed by atoms with van der Waals surface area (Å²) in [6.07, 6.45) is 1.64. The molecule has 0 aliphatic carbocycles. The number of carboxylic acid groups (broad SMARTS) is 2. The summed E-state index contributed by atoms with van der Waals surface area (Å²) in [5.74, 6) is -1.71. The van der Waals surface area contributed by atoms with Crippen molar-refractivity contribution in [3.63, 3.8) is 0 Å². The van der Waals surface area contributed by atoms with E-state index in [2.05, 4.69) is 0 Å². The molecule has 13 heavy (non-hydrogen) atoms. The molecule has 0 saturated heterocycles. The molecule has 4 N–H and O–H groups in total. The molecule has 0 bridgehead atoms. The first-order valence-electron chi connectivity index (χ1n) is 4.21. The lowest BCUT2D eigenvalue weighted by atomic mass is 10.1. The molecule has 5 nitrogen and oxygen atoms in total. The average Bonchev–Trinajstić information content (AvgIpc) is 2.00. The molecule has 76 valence electrons. The van der Waals surface area contributed by atoms with E-state index in [1.165, 1.54) is 0 Å². The van der Waals surface area contributed by atoms with Crippen LogP contribution in [-0.2, 0) is 9.59 Å². The number of nitrogens with two attached hydrogens (primary N) is 1. The van der Waals surface area contributed by atoms with Crippen LogP contribution in [0.2, 0.25) is 0 Å². The van der Waals surface area contributed by atoms with Crippen molar-refractivity contribution in [2.75, 3.05) is 0 Å². The summed E-state index contributed by atoms with van der Waals surface area (Å²) in [5.41, 5.74) is 5.55. The zero-order chi connectivity index (χ0) is 10.3. The summed E-state index contributed by atoms with van der Waals surface area (Å²) in [5, 5.41) is 16.6. The zero-order valence-electron chi connectivity index (χ0n) is 7.40. The fourth-order valence-electron chi connectivity index (χ4n) is 0.969. The van der Waals surface area contributed by atoms with Crippen molar-refractivity contribution in [1.29, 1.82) is 0 Å². The lowest BCUT2D eigenvalue weighted by Gasteiger charge is -2.08. The van der Waals surface area contributed by atoms with Crippen molar-refractivity contribution >= 4 is 11.9 Å². The molecule has 0 aliphatic heterocycles. The van der Waals surface area contributed by atoms with Crippen LogP contribution in [0.1, 0.15) is 32.1 Å². The number of hydrogen-bond acceptors (Lipinski definition) is 3. The summed E-state index contributed by atoms with van der Waals surface area (Å²) in [4.78, 5) is 20.2. The van der Waals surface area contributed by atoms with Gasteiger partial charge in [-0.1, -0.05) is 0 Å². The van der Waals surface area contributed by atoms with Crippen molar-refractivity contribution in [3.8, 4) is 0 Å². The van der Waals surface area contributed by atoms with E-state index >= 15 is 0 Å². The average molecular weight is 189 g/mol. The molecule has 0 spiro atoms. The largest absolute Gasteiger partial charge is 0.481 e. The molecule has 0 saturated carbocycles. The standard InChI is InChI=1S/C8H15NO4/c9-6(4-5-8(12)13)2-1-3-7(10)11/h6H,1-5,9H2,(H,10,11)(H,12,13). The van der Waals surface area contributed by atoms with Crippen LogP contribution in [0.15, 0.2) is 0 Å². The predicted octanol–water partition coefficient (Wildman–Crippen LogP) is 0.433. The van der Waals surface area contributed by atoms with Gasteiger partial charge in [0.2, 0.25) is 0 Å². The Hall–Kier alpha value is -1.10. The fourth-order valence-corrected chi connectivity index (χ4v) is 0.969. The van der Waals surface area contributed by atoms with Gasteiger partial charge < -0.3 is 15.9 Å². The number of carbonyl (C=O) groups is 2. The first-order valence-corrected chi connectivity index (χ1v) is 4.21. The highest BCUT2D eigenvalue weighted by atomic mass is 16.4. The van der Waals surface area contributed by atoms with Crippen molar-refractivity contribution in [3.05, 3.63) is 0 Å². The topological polar surface area (TPSA) is 101 Å². The van der Waals surface area contributed by atoms with Crippen LogP contribution in [-0.4, -0.2) is 28.2 Å². The number of hydrogen-bond donors (Lipinski definition) is 3. The first kappa shape index (κ1) is 11.9. The van der Waals surface area contributed by atoms with E-state index in [1.807, 2.05) is 0 Å². The maximum absolute atomic E-state index is 10.1. The summed E-state index contributed by atoms with van der Waals surface area (Å²) in [6, 6.07) is -0.199. The highest BCUT2D eigenvalue weighted by Crippen LogP contribution is 2.04. The molecular formula is C8H15NO4. The van der Waals surface area contributed by atoms with Gasteiger partial charge in [-0.05, 0) is 19.3 Å². The molecule has 0 aromatic heterocycles. The van der Waals surface area contributed by atoms with Crippen LogP contribution in [0.4, 0.5) is 0 Å². The van der Waals surface area contributed by atoms with Crippen LogP contribution in [0.5, 0.6) is 0 Å². The highest BCUT2D eigenvalue weighted by molar-refractivity contribution is 5.67. The highest BCUT2D eigenvalue weighted by Gasteiger charge is 2.06. The van der Waals surface area contributed by atoms with Gasteiger partial charge in [-0.2, -0.15) is 0 Å². The first-order chi connectivity index (χ1) is 6.02. The molecule has 0 amide bonds. The minimum atomic E-state index is -0.867. The van der Waals surface area contributed by atoms with Crippen LogP contribution in [0, 0.1) is 0 Å². The molecule has 0 radical (unpaired) electrons. The second-order valence-corrected chi connectivity index (χ2v) is 2.98. The quantitative estimate of drug-likeness (QED) is 0.539. The molecule has 1 unspecified atom stereocenters. The van der Waals surface area contributed by atoms with Crippen molar-refractivity contribution in [2.24, 2.45) is 5.73 Å². The van der Waals surface area contributed by atoms with Crippen molar-refractivity contribution in [1.82, 2.24) is 0 Å². The fraction of sp³-hybridized carbons (Fsp3) is 0.750. The maximum atomic E-state index is 10.1. The minimum Gasteiger partial charge on any atom is -0.481 e. The van der Waals surface area contributed by atoms with E-state index in [0.717, 1.165) is 0 Å².